The Hall–Kier alpha value is -2.63. The highest BCUT2D eigenvalue weighted by molar-refractivity contribution is 5.32. The van der Waals surface area contributed by atoms with Gasteiger partial charge in [-0.2, -0.15) is 0 Å². The number of aliphatic hydroxyl groups is 1. The lowest BCUT2D eigenvalue weighted by Crippen LogP contribution is -2.40. The number of hydrogen-bond donors (Lipinski definition) is 1. The van der Waals surface area contributed by atoms with Gasteiger partial charge in [-0.25, -0.2) is 0 Å². The van der Waals surface area contributed by atoms with E-state index in [0.29, 0.717) is 12.4 Å². The van der Waals surface area contributed by atoms with Crippen molar-refractivity contribution in [3.8, 4) is 5.75 Å². The van der Waals surface area contributed by atoms with Crippen LogP contribution in [0.3, 0.4) is 0 Å². The zero-order valence-corrected chi connectivity index (χ0v) is 20.0. The Bertz CT molecular complexity index is 981. The molecule has 0 bridgehead atoms. The number of ether oxygens (including phenoxy) is 1. The first-order valence-corrected chi connectivity index (χ1v) is 12.2. The monoisotopic (exact) mass is 449 g/mol. The highest BCUT2D eigenvalue weighted by atomic mass is 16.5. The second kappa shape index (κ2) is 10.5. The van der Waals surface area contributed by atoms with Crippen molar-refractivity contribution in [2.45, 2.75) is 50.7 Å². The van der Waals surface area contributed by atoms with Gasteiger partial charge >= 0.3 is 0 Å². The molecule has 0 spiro atoms. The van der Waals surface area contributed by atoms with E-state index in [1.807, 2.05) is 66.7 Å². The summed E-state index contributed by atoms with van der Waals surface area (Å²) in [4.78, 5) is 0. The van der Waals surface area contributed by atoms with Crippen molar-refractivity contribution in [2.24, 2.45) is 5.92 Å². The van der Waals surface area contributed by atoms with Crippen LogP contribution in [0.1, 0.15) is 55.5 Å². The van der Waals surface area contributed by atoms with Crippen LogP contribution >= 0.6 is 0 Å². The fourth-order valence-electron chi connectivity index (χ4n) is 5.07. The minimum Gasteiger partial charge on any atom is -0.493 e. The van der Waals surface area contributed by atoms with E-state index in [1.54, 1.807) is 0 Å². The number of nitrogens with zero attached hydrogens (tertiary/aromatic N) is 2. The van der Waals surface area contributed by atoms with E-state index in [2.05, 4.69) is 19.3 Å². The molecule has 0 radical (unpaired) electrons. The third-order valence-electron chi connectivity index (χ3n) is 6.85. The van der Waals surface area contributed by atoms with Gasteiger partial charge in [-0.05, 0) is 36.5 Å². The van der Waals surface area contributed by atoms with E-state index in [9.17, 15) is 5.11 Å². The topological polar surface area (TPSA) is 55.5 Å². The van der Waals surface area contributed by atoms with Gasteiger partial charge in [0.1, 0.15) is 18.0 Å². The molecule has 2 aromatic carbocycles. The zero-order valence-electron chi connectivity index (χ0n) is 20.0. The Balaban J connectivity index is 1.42. The first kappa shape index (κ1) is 23.5. The average molecular weight is 450 g/mol. The summed E-state index contributed by atoms with van der Waals surface area (Å²) in [5, 5.41) is 16.4. The SMILES string of the molecule is C[N+](C)(CCCOc1ccccc1)Cc1cc(C(O)(c2ccccc2)C2CCCCC2)on1. The molecule has 176 valence electrons. The quantitative estimate of drug-likeness (QED) is 0.326. The van der Waals surface area contributed by atoms with E-state index in [1.165, 1.54) is 6.42 Å². The first-order valence-electron chi connectivity index (χ1n) is 12.2. The summed E-state index contributed by atoms with van der Waals surface area (Å²) >= 11 is 0. The third kappa shape index (κ3) is 5.84. The van der Waals surface area contributed by atoms with E-state index >= 15 is 0 Å². The predicted molar refractivity (Wildman–Crippen MR) is 130 cm³/mol. The molecule has 33 heavy (non-hydrogen) atoms. The molecule has 1 N–H and O–H groups in total. The van der Waals surface area contributed by atoms with E-state index in [0.717, 1.165) is 66.7 Å². The molecule has 1 atom stereocenters. The molecule has 5 heteroatoms. The molecule has 0 amide bonds. The minimum atomic E-state index is -1.13. The molecular weight excluding hydrogens is 412 g/mol. The third-order valence-corrected chi connectivity index (χ3v) is 6.85. The van der Waals surface area contributed by atoms with Crippen molar-refractivity contribution in [1.82, 2.24) is 5.16 Å². The molecular formula is C28H37N2O3+. The van der Waals surface area contributed by atoms with Gasteiger partial charge in [0.05, 0.1) is 27.2 Å². The van der Waals surface area contributed by atoms with Crippen molar-refractivity contribution in [3.63, 3.8) is 0 Å². The fraction of sp³-hybridized carbons (Fsp3) is 0.464. The molecule has 0 aliphatic heterocycles. The maximum atomic E-state index is 12.0. The van der Waals surface area contributed by atoms with Crippen molar-refractivity contribution in [2.75, 3.05) is 27.2 Å². The molecule has 4 rings (SSSR count). The zero-order chi connectivity index (χ0) is 23.2. The Morgan fingerprint density at radius 3 is 2.36 bits per heavy atom. The van der Waals surface area contributed by atoms with Crippen LogP contribution in [0.2, 0.25) is 0 Å². The lowest BCUT2D eigenvalue weighted by Gasteiger charge is -2.37. The van der Waals surface area contributed by atoms with Gasteiger partial charge < -0.3 is 18.8 Å². The van der Waals surface area contributed by atoms with Crippen molar-refractivity contribution in [1.29, 1.82) is 0 Å². The maximum Gasteiger partial charge on any atom is 0.173 e. The lowest BCUT2D eigenvalue weighted by molar-refractivity contribution is -0.904. The van der Waals surface area contributed by atoms with Gasteiger partial charge in [0.2, 0.25) is 0 Å². The van der Waals surface area contributed by atoms with Gasteiger partial charge in [0.15, 0.2) is 11.4 Å². The predicted octanol–water partition coefficient (Wildman–Crippen LogP) is 5.54. The normalized spacial score (nSPS) is 16.9. The fourth-order valence-corrected chi connectivity index (χ4v) is 5.07. The van der Waals surface area contributed by atoms with E-state index in [4.69, 9.17) is 9.26 Å². The number of aromatic nitrogens is 1. The van der Waals surface area contributed by atoms with Crippen LogP contribution in [0, 0.1) is 5.92 Å². The summed E-state index contributed by atoms with van der Waals surface area (Å²) in [5.41, 5.74) is 0.642. The number of para-hydroxylation sites is 1. The Kier molecular flexibility index (Phi) is 7.51. The number of quaternary nitrogens is 1. The van der Waals surface area contributed by atoms with Crippen molar-refractivity contribution >= 4 is 0 Å². The largest absolute Gasteiger partial charge is 0.493 e. The van der Waals surface area contributed by atoms with Gasteiger partial charge in [-0.1, -0.05) is 73.0 Å². The molecule has 5 nitrogen and oxygen atoms in total. The highest BCUT2D eigenvalue weighted by Crippen LogP contribution is 2.44. The van der Waals surface area contributed by atoms with Crippen molar-refractivity contribution < 1.29 is 18.8 Å². The summed E-state index contributed by atoms with van der Waals surface area (Å²) < 4.78 is 12.4. The number of benzene rings is 2. The maximum absolute atomic E-state index is 12.0. The Labute approximate surface area is 197 Å². The molecule has 1 aliphatic carbocycles. The molecule has 1 unspecified atom stereocenters. The molecule has 0 saturated heterocycles. The summed E-state index contributed by atoms with van der Waals surface area (Å²) in [6.45, 7) is 2.39. The molecule has 1 saturated carbocycles. The van der Waals surface area contributed by atoms with Crippen LogP contribution in [-0.2, 0) is 12.1 Å². The van der Waals surface area contributed by atoms with E-state index in [-0.39, 0.29) is 5.92 Å². The van der Waals surface area contributed by atoms with Gasteiger partial charge in [-0.15, -0.1) is 0 Å². The summed E-state index contributed by atoms with van der Waals surface area (Å²) in [5.74, 6) is 1.63. The average Bonchev–Trinajstić information content (AvgIpc) is 3.31. The molecule has 1 fully saturated rings. The summed E-state index contributed by atoms with van der Waals surface area (Å²) in [6, 6.07) is 21.9. The smallest absolute Gasteiger partial charge is 0.173 e. The number of rotatable bonds is 10. The second-order valence-corrected chi connectivity index (χ2v) is 9.98. The highest BCUT2D eigenvalue weighted by Gasteiger charge is 2.44. The van der Waals surface area contributed by atoms with Gasteiger partial charge in [-0.3, -0.25) is 0 Å². The van der Waals surface area contributed by atoms with Crippen LogP contribution < -0.4 is 4.74 Å². The minimum absolute atomic E-state index is 0.145. The molecule has 3 aromatic rings. The van der Waals surface area contributed by atoms with Crippen LogP contribution in [0.5, 0.6) is 5.75 Å². The van der Waals surface area contributed by atoms with Gasteiger partial charge in [0, 0.05) is 12.5 Å². The standard InChI is InChI=1S/C28H37N2O3/c1-30(2,19-12-20-32-26-17-10-5-11-18-26)22-25-21-27(33-29-25)28(31,23-13-6-3-7-14-23)24-15-8-4-9-16-24/h3,5-7,10-11,13-14,17-18,21,24,31H,4,8-9,12,15-16,19-20,22H2,1-2H3/q+1. The summed E-state index contributed by atoms with van der Waals surface area (Å²) in [6.07, 6.45) is 6.49. The summed E-state index contributed by atoms with van der Waals surface area (Å²) in [7, 11) is 4.39. The Morgan fingerprint density at radius 2 is 1.67 bits per heavy atom. The Morgan fingerprint density at radius 1 is 1.00 bits per heavy atom. The van der Waals surface area contributed by atoms with Gasteiger partial charge in [0.25, 0.3) is 0 Å². The lowest BCUT2D eigenvalue weighted by atomic mass is 9.72. The van der Waals surface area contributed by atoms with Crippen LogP contribution in [0.25, 0.3) is 0 Å². The molecule has 1 aliphatic rings. The molecule has 1 aromatic heterocycles. The number of hydrogen-bond acceptors (Lipinski definition) is 4. The first-order chi connectivity index (χ1) is 16.0. The molecule has 1 heterocycles. The van der Waals surface area contributed by atoms with Crippen LogP contribution in [0.4, 0.5) is 0 Å². The van der Waals surface area contributed by atoms with Crippen LogP contribution in [-0.4, -0.2) is 42.0 Å². The van der Waals surface area contributed by atoms with E-state index < -0.39 is 5.60 Å². The second-order valence-electron chi connectivity index (χ2n) is 9.98. The van der Waals surface area contributed by atoms with Crippen LogP contribution in [0.15, 0.2) is 71.3 Å². The van der Waals surface area contributed by atoms with Crippen molar-refractivity contribution in [3.05, 3.63) is 83.7 Å².